The molecule has 7 heteroatoms. The summed E-state index contributed by atoms with van der Waals surface area (Å²) >= 11 is 0. The Labute approximate surface area is 151 Å². The second kappa shape index (κ2) is 8.87. The maximum atomic E-state index is 13.1. The van der Waals surface area contributed by atoms with Crippen molar-refractivity contribution in [3.8, 4) is 5.88 Å². The van der Waals surface area contributed by atoms with Gasteiger partial charge in [-0.25, -0.2) is 4.98 Å². The van der Waals surface area contributed by atoms with E-state index in [1.807, 2.05) is 31.2 Å². The summed E-state index contributed by atoms with van der Waals surface area (Å²) in [6, 6.07) is 7.61. The first-order valence-corrected chi connectivity index (χ1v) is 8.75. The van der Waals surface area contributed by atoms with Crippen molar-refractivity contribution in [2.75, 3.05) is 11.9 Å². The van der Waals surface area contributed by atoms with Gasteiger partial charge in [0.25, 0.3) is 0 Å². The predicted molar refractivity (Wildman–Crippen MR) is 95.9 cm³/mol. The predicted octanol–water partition coefficient (Wildman–Crippen LogP) is 5.93. The van der Waals surface area contributed by atoms with Crippen LogP contribution in [-0.2, 0) is 6.18 Å². The number of rotatable bonds is 8. The van der Waals surface area contributed by atoms with Crippen molar-refractivity contribution in [2.45, 2.75) is 52.1 Å². The molecule has 2 rings (SSSR count). The van der Waals surface area contributed by atoms with Crippen LogP contribution in [0.2, 0.25) is 0 Å². The first-order valence-electron chi connectivity index (χ1n) is 8.75. The third-order valence-electron chi connectivity index (χ3n) is 3.86. The van der Waals surface area contributed by atoms with E-state index in [0.29, 0.717) is 18.0 Å². The number of anilines is 2. The third-order valence-corrected chi connectivity index (χ3v) is 3.86. The maximum absolute atomic E-state index is 13.1. The number of hydrogen-bond acceptors (Lipinski definition) is 4. The van der Waals surface area contributed by atoms with Gasteiger partial charge in [0.2, 0.25) is 11.8 Å². The van der Waals surface area contributed by atoms with E-state index in [1.54, 1.807) is 0 Å². The highest BCUT2D eigenvalue weighted by Gasteiger charge is 2.36. The topological polar surface area (TPSA) is 47.0 Å². The zero-order valence-corrected chi connectivity index (χ0v) is 15.2. The van der Waals surface area contributed by atoms with Crippen LogP contribution in [0, 0.1) is 0 Å². The van der Waals surface area contributed by atoms with Gasteiger partial charge in [0, 0.05) is 11.9 Å². The van der Waals surface area contributed by atoms with Crippen molar-refractivity contribution in [2.24, 2.45) is 0 Å². The molecule has 0 aliphatic rings. The number of nitrogens with one attached hydrogen (secondary N) is 1. The number of unbranched alkanes of at least 4 members (excludes halogenated alkanes) is 2. The minimum atomic E-state index is -4.56. The lowest BCUT2D eigenvalue weighted by Crippen LogP contribution is -2.13. The average molecular weight is 367 g/mol. The maximum Gasteiger partial charge on any atom is 0.423 e. The number of ether oxygens (including phenoxy) is 1. The van der Waals surface area contributed by atoms with E-state index in [0.717, 1.165) is 24.6 Å². The fourth-order valence-corrected chi connectivity index (χ4v) is 2.36. The van der Waals surface area contributed by atoms with Gasteiger partial charge in [-0.15, -0.1) is 0 Å². The van der Waals surface area contributed by atoms with Crippen molar-refractivity contribution in [1.82, 2.24) is 9.97 Å². The van der Waals surface area contributed by atoms with Gasteiger partial charge in [-0.05, 0) is 30.0 Å². The Bertz CT molecular complexity index is 717. The molecule has 0 unspecified atom stereocenters. The Morgan fingerprint density at radius 1 is 1.19 bits per heavy atom. The Hall–Kier alpha value is -2.31. The first-order chi connectivity index (χ1) is 12.3. The van der Waals surface area contributed by atoms with Crippen molar-refractivity contribution in [3.05, 3.63) is 41.6 Å². The van der Waals surface area contributed by atoms with E-state index in [2.05, 4.69) is 29.1 Å². The second-order valence-corrected chi connectivity index (χ2v) is 6.37. The average Bonchev–Trinajstić information content (AvgIpc) is 2.58. The normalized spacial score (nSPS) is 11.7. The molecule has 0 aliphatic heterocycles. The molecule has 0 saturated heterocycles. The van der Waals surface area contributed by atoms with Crippen LogP contribution in [0.4, 0.5) is 24.8 Å². The number of aromatic nitrogens is 2. The summed E-state index contributed by atoms with van der Waals surface area (Å²) in [6.45, 7) is 6.33. The molecule has 1 aromatic heterocycles. The summed E-state index contributed by atoms with van der Waals surface area (Å²) in [5, 5.41) is 2.95. The molecule has 0 saturated carbocycles. The largest absolute Gasteiger partial charge is 0.477 e. The molecule has 0 radical (unpaired) electrons. The second-order valence-electron chi connectivity index (χ2n) is 6.37. The molecule has 2 aromatic rings. The summed E-state index contributed by atoms with van der Waals surface area (Å²) in [5.74, 6) is -0.0294. The molecule has 0 spiro atoms. The van der Waals surface area contributed by atoms with E-state index in [-0.39, 0.29) is 12.6 Å². The minimum Gasteiger partial charge on any atom is -0.477 e. The SMILES string of the molecule is CCCCCOc1nc(Nc2cccc(C(C)C)c2)ncc1C(F)(F)F. The van der Waals surface area contributed by atoms with Gasteiger partial charge in [0.05, 0.1) is 6.61 Å². The highest BCUT2D eigenvalue weighted by molar-refractivity contribution is 5.55. The molecule has 0 amide bonds. The molecule has 1 heterocycles. The van der Waals surface area contributed by atoms with Gasteiger partial charge in [0.15, 0.2) is 0 Å². The number of benzene rings is 1. The molecule has 1 N–H and O–H groups in total. The van der Waals surface area contributed by atoms with Gasteiger partial charge < -0.3 is 10.1 Å². The summed E-state index contributed by atoms with van der Waals surface area (Å²) in [7, 11) is 0. The van der Waals surface area contributed by atoms with Gasteiger partial charge in [-0.2, -0.15) is 18.2 Å². The van der Waals surface area contributed by atoms with Crippen LogP contribution < -0.4 is 10.1 Å². The summed E-state index contributed by atoms with van der Waals surface area (Å²) in [4.78, 5) is 7.74. The van der Waals surface area contributed by atoms with Gasteiger partial charge in [0.1, 0.15) is 5.56 Å². The Morgan fingerprint density at radius 2 is 1.96 bits per heavy atom. The van der Waals surface area contributed by atoms with E-state index in [9.17, 15) is 13.2 Å². The smallest absolute Gasteiger partial charge is 0.423 e. The van der Waals surface area contributed by atoms with E-state index >= 15 is 0 Å². The molecule has 4 nitrogen and oxygen atoms in total. The molecule has 0 aliphatic carbocycles. The Balaban J connectivity index is 2.22. The summed E-state index contributed by atoms with van der Waals surface area (Å²) < 4.78 is 44.7. The summed E-state index contributed by atoms with van der Waals surface area (Å²) in [6.07, 6.45) is -1.28. The quantitative estimate of drug-likeness (QED) is 0.587. The van der Waals surface area contributed by atoms with Crippen LogP contribution in [0.3, 0.4) is 0 Å². The number of alkyl halides is 3. The Morgan fingerprint density at radius 3 is 2.62 bits per heavy atom. The molecule has 142 valence electrons. The highest BCUT2D eigenvalue weighted by Crippen LogP contribution is 2.35. The van der Waals surface area contributed by atoms with Crippen LogP contribution in [0.1, 0.15) is 57.1 Å². The van der Waals surface area contributed by atoms with Crippen LogP contribution in [-0.4, -0.2) is 16.6 Å². The number of nitrogens with zero attached hydrogens (tertiary/aromatic N) is 2. The lowest BCUT2D eigenvalue weighted by atomic mass is 10.0. The molecule has 1 aromatic carbocycles. The third kappa shape index (κ3) is 5.61. The minimum absolute atomic E-state index is 0.0735. The van der Waals surface area contributed by atoms with E-state index in [1.165, 1.54) is 0 Å². The number of halogens is 3. The zero-order chi connectivity index (χ0) is 19.2. The number of hydrogen-bond donors (Lipinski definition) is 1. The molecule has 26 heavy (non-hydrogen) atoms. The highest BCUT2D eigenvalue weighted by atomic mass is 19.4. The zero-order valence-electron chi connectivity index (χ0n) is 15.2. The monoisotopic (exact) mass is 367 g/mol. The fraction of sp³-hybridized carbons (Fsp3) is 0.474. The Kier molecular flexibility index (Phi) is 6.83. The van der Waals surface area contributed by atoms with Gasteiger partial charge in [-0.3, -0.25) is 0 Å². The first kappa shape index (κ1) is 20.0. The molecule has 0 fully saturated rings. The van der Waals surface area contributed by atoms with E-state index < -0.39 is 17.6 Å². The van der Waals surface area contributed by atoms with Crippen molar-refractivity contribution >= 4 is 11.6 Å². The van der Waals surface area contributed by atoms with Crippen LogP contribution in [0.15, 0.2) is 30.5 Å². The van der Waals surface area contributed by atoms with Crippen molar-refractivity contribution in [1.29, 1.82) is 0 Å². The van der Waals surface area contributed by atoms with Crippen LogP contribution >= 0.6 is 0 Å². The van der Waals surface area contributed by atoms with E-state index in [4.69, 9.17) is 4.74 Å². The lowest BCUT2D eigenvalue weighted by Gasteiger charge is -2.14. The van der Waals surface area contributed by atoms with Crippen LogP contribution in [0.25, 0.3) is 0 Å². The van der Waals surface area contributed by atoms with Gasteiger partial charge >= 0.3 is 6.18 Å². The summed E-state index contributed by atoms with van der Waals surface area (Å²) in [5.41, 5.74) is 0.862. The fourth-order valence-electron chi connectivity index (χ4n) is 2.36. The molecule has 0 atom stereocenters. The standard InChI is InChI=1S/C19H24F3N3O/c1-4-5-6-10-26-17-16(19(20,21)22)12-23-18(25-17)24-15-9-7-8-14(11-15)13(2)3/h7-9,11-13H,4-6,10H2,1-3H3,(H,23,24,25). The van der Waals surface area contributed by atoms with Gasteiger partial charge in [-0.1, -0.05) is 45.7 Å². The van der Waals surface area contributed by atoms with Crippen molar-refractivity contribution in [3.63, 3.8) is 0 Å². The molecular formula is C19H24F3N3O. The van der Waals surface area contributed by atoms with Crippen LogP contribution in [0.5, 0.6) is 5.88 Å². The van der Waals surface area contributed by atoms with Crippen molar-refractivity contribution < 1.29 is 17.9 Å². The molecular weight excluding hydrogens is 343 g/mol. The molecule has 0 bridgehead atoms. The lowest BCUT2D eigenvalue weighted by molar-refractivity contribution is -0.139.